The van der Waals surface area contributed by atoms with Gasteiger partial charge in [0.1, 0.15) is 10.0 Å². The van der Waals surface area contributed by atoms with E-state index < -0.39 is 0 Å². The Morgan fingerprint density at radius 2 is 2.10 bits per heavy atom. The van der Waals surface area contributed by atoms with Gasteiger partial charge in [-0.05, 0) is 25.5 Å². The Labute approximate surface area is 126 Å². The summed E-state index contributed by atoms with van der Waals surface area (Å²) in [6.07, 6.45) is 2.90. The summed E-state index contributed by atoms with van der Waals surface area (Å²) >= 11 is 3.47. The Kier molecular flexibility index (Phi) is 4.10. The summed E-state index contributed by atoms with van der Waals surface area (Å²) in [5.41, 5.74) is 1.09. The molecule has 3 rings (SSSR count). The molecule has 2 heterocycles. The Balaban J connectivity index is 1.79. The van der Waals surface area contributed by atoms with Crippen LogP contribution in [0.3, 0.4) is 0 Å². The first-order chi connectivity index (χ1) is 9.78. The lowest BCUT2D eigenvalue weighted by molar-refractivity contribution is 0.454. The van der Waals surface area contributed by atoms with Crippen LogP contribution in [0.4, 0.5) is 0 Å². The monoisotopic (exact) mass is 303 g/mol. The van der Waals surface area contributed by atoms with Crippen LogP contribution in [0.15, 0.2) is 35.8 Å². The van der Waals surface area contributed by atoms with Crippen LogP contribution in [0, 0.1) is 0 Å². The molecule has 0 aliphatic rings. The minimum absolute atomic E-state index is 0.237. The summed E-state index contributed by atoms with van der Waals surface area (Å²) in [5, 5.41) is 7.97. The lowest BCUT2D eigenvalue weighted by Gasteiger charge is -2.18. The molecule has 0 radical (unpaired) electrons. The largest absolute Gasteiger partial charge is 0.299 e. The lowest BCUT2D eigenvalue weighted by atomic mass is 10.2. The van der Waals surface area contributed by atoms with Crippen LogP contribution in [0.2, 0.25) is 0 Å². The van der Waals surface area contributed by atoms with Gasteiger partial charge in [0.25, 0.3) is 0 Å². The highest BCUT2D eigenvalue weighted by Crippen LogP contribution is 2.29. The molecule has 3 nitrogen and oxygen atoms in total. The Morgan fingerprint density at radius 3 is 2.80 bits per heavy atom. The van der Waals surface area contributed by atoms with Gasteiger partial charge in [-0.1, -0.05) is 19.1 Å². The Morgan fingerprint density at radius 1 is 1.25 bits per heavy atom. The minimum atomic E-state index is 0.237. The molecule has 1 N–H and O–H groups in total. The second-order valence-corrected chi connectivity index (χ2v) is 6.73. The molecule has 0 amide bonds. The van der Waals surface area contributed by atoms with Gasteiger partial charge >= 0.3 is 0 Å². The van der Waals surface area contributed by atoms with E-state index in [1.54, 1.807) is 22.7 Å². The zero-order valence-corrected chi connectivity index (χ0v) is 13.2. The molecule has 0 bridgehead atoms. The molecular formula is C15H17N3S2. The average Bonchev–Trinajstić information content (AvgIpc) is 3.13. The fourth-order valence-corrected chi connectivity index (χ4v) is 3.98. The molecule has 20 heavy (non-hydrogen) atoms. The van der Waals surface area contributed by atoms with E-state index in [1.165, 1.54) is 4.70 Å². The number of hydrogen-bond donors (Lipinski definition) is 1. The number of aromatic nitrogens is 2. The molecule has 0 spiro atoms. The highest BCUT2D eigenvalue weighted by Gasteiger charge is 2.18. The standard InChI is InChI=1S/C15H17N3S2/c1-3-11(15-16-8-9-19-15)17-10(2)14-18-12-6-4-5-7-13(12)20-14/h4-11,17H,3H2,1-2H3. The molecule has 2 unspecified atom stereocenters. The van der Waals surface area contributed by atoms with Gasteiger partial charge < -0.3 is 0 Å². The van der Waals surface area contributed by atoms with E-state index in [4.69, 9.17) is 4.98 Å². The van der Waals surface area contributed by atoms with Crippen molar-refractivity contribution in [1.82, 2.24) is 15.3 Å². The minimum Gasteiger partial charge on any atom is -0.299 e. The van der Waals surface area contributed by atoms with Crippen molar-refractivity contribution in [3.63, 3.8) is 0 Å². The van der Waals surface area contributed by atoms with E-state index in [9.17, 15) is 0 Å². The quantitative estimate of drug-likeness (QED) is 0.751. The van der Waals surface area contributed by atoms with Crippen LogP contribution in [-0.2, 0) is 0 Å². The fraction of sp³-hybridized carbons (Fsp3) is 0.333. The average molecular weight is 303 g/mol. The fourth-order valence-electron chi connectivity index (χ4n) is 2.22. The molecule has 1 aromatic carbocycles. The van der Waals surface area contributed by atoms with Crippen molar-refractivity contribution in [2.24, 2.45) is 0 Å². The van der Waals surface area contributed by atoms with Crippen molar-refractivity contribution in [1.29, 1.82) is 0 Å². The van der Waals surface area contributed by atoms with Gasteiger partial charge in [0.05, 0.1) is 22.3 Å². The second-order valence-electron chi connectivity index (χ2n) is 4.74. The van der Waals surface area contributed by atoms with Crippen LogP contribution < -0.4 is 5.32 Å². The molecule has 0 aliphatic carbocycles. The van der Waals surface area contributed by atoms with Crippen molar-refractivity contribution in [2.75, 3.05) is 0 Å². The van der Waals surface area contributed by atoms with E-state index in [0.29, 0.717) is 6.04 Å². The van der Waals surface area contributed by atoms with Gasteiger partial charge in [0, 0.05) is 11.6 Å². The number of para-hydroxylation sites is 1. The van der Waals surface area contributed by atoms with Crippen LogP contribution >= 0.6 is 22.7 Å². The van der Waals surface area contributed by atoms with Crippen molar-refractivity contribution in [3.05, 3.63) is 45.9 Å². The number of fused-ring (bicyclic) bond motifs is 1. The Hall–Kier alpha value is -1.30. The molecule has 104 valence electrons. The second kappa shape index (κ2) is 5.99. The molecule has 3 aromatic rings. The third kappa shape index (κ3) is 2.75. The number of hydrogen-bond acceptors (Lipinski definition) is 5. The SMILES string of the molecule is CCC(NC(C)c1nc2ccccc2s1)c1nccs1. The zero-order valence-electron chi connectivity index (χ0n) is 11.5. The molecule has 2 atom stereocenters. The first-order valence-corrected chi connectivity index (χ1v) is 8.48. The van der Waals surface area contributed by atoms with E-state index in [-0.39, 0.29) is 6.04 Å². The van der Waals surface area contributed by atoms with Crippen molar-refractivity contribution in [3.8, 4) is 0 Å². The number of nitrogens with zero attached hydrogens (tertiary/aromatic N) is 2. The number of benzene rings is 1. The van der Waals surface area contributed by atoms with E-state index in [1.807, 2.05) is 17.6 Å². The third-order valence-electron chi connectivity index (χ3n) is 3.29. The topological polar surface area (TPSA) is 37.8 Å². The molecule has 0 fully saturated rings. The summed E-state index contributed by atoms with van der Waals surface area (Å²) in [6, 6.07) is 8.83. The molecule has 0 aliphatic heterocycles. The van der Waals surface area contributed by atoms with E-state index in [2.05, 4.69) is 42.3 Å². The summed E-state index contributed by atoms with van der Waals surface area (Å²) < 4.78 is 1.25. The highest BCUT2D eigenvalue weighted by molar-refractivity contribution is 7.18. The number of nitrogens with one attached hydrogen (secondary N) is 1. The number of rotatable bonds is 5. The zero-order chi connectivity index (χ0) is 13.9. The van der Waals surface area contributed by atoms with Gasteiger partial charge in [-0.15, -0.1) is 22.7 Å². The summed E-state index contributed by atoms with van der Waals surface area (Å²) in [7, 11) is 0. The van der Waals surface area contributed by atoms with Crippen molar-refractivity contribution < 1.29 is 0 Å². The molecule has 2 aromatic heterocycles. The van der Waals surface area contributed by atoms with Gasteiger partial charge in [0.2, 0.25) is 0 Å². The normalized spacial score (nSPS) is 14.5. The van der Waals surface area contributed by atoms with Crippen molar-refractivity contribution in [2.45, 2.75) is 32.4 Å². The first kappa shape index (κ1) is 13.7. The van der Waals surface area contributed by atoms with Crippen LogP contribution in [-0.4, -0.2) is 9.97 Å². The van der Waals surface area contributed by atoms with Crippen LogP contribution in [0.25, 0.3) is 10.2 Å². The maximum atomic E-state index is 4.72. The highest BCUT2D eigenvalue weighted by atomic mass is 32.1. The van der Waals surface area contributed by atoms with Crippen LogP contribution in [0.1, 0.15) is 42.4 Å². The first-order valence-electron chi connectivity index (χ1n) is 6.79. The molecular weight excluding hydrogens is 286 g/mol. The molecule has 5 heteroatoms. The Bertz CT molecular complexity index is 642. The van der Waals surface area contributed by atoms with Gasteiger partial charge in [0.15, 0.2) is 0 Å². The predicted octanol–water partition coefficient (Wildman–Crippen LogP) is 4.55. The summed E-state index contributed by atoms with van der Waals surface area (Å²) in [6.45, 7) is 4.36. The smallest absolute Gasteiger partial charge is 0.111 e. The third-order valence-corrected chi connectivity index (χ3v) is 5.40. The summed E-state index contributed by atoms with van der Waals surface area (Å²) in [4.78, 5) is 9.14. The maximum absolute atomic E-state index is 4.72. The molecule has 0 saturated heterocycles. The van der Waals surface area contributed by atoms with Gasteiger partial charge in [-0.3, -0.25) is 5.32 Å². The lowest BCUT2D eigenvalue weighted by Crippen LogP contribution is -2.24. The predicted molar refractivity (Wildman–Crippen MR) is 86.3 cm³/mol. The summed E-state index contributed by atoms with van der Waals surface area (Å²) in [5.74, 6) is 0. The van der Waals surface area contributed by atoms with Gasteiger partial charge in [-0.2, -0.15) is 0 Å². The van der Waals surface area contributed by atoms with Crippen molar-refractivity contribution >= 4 is 32.9 Å². The number of thiazole rings is 2. The maximum Gasteiger partial charge on any atom is 0.111 e. The van der Waals surface area contributed by atoms with E-state index in [0.717, 1.165) is 22.0 Å². The molecule has 0 saturated carbocycles. The van der Waals surface area contributed by atoms with E-state index >= 15 is 0 Å². The van der Waals surface area contributed by atoms with Crippen LogP contribution in [0.5, 0.6) is 0 Å². The van der Waals surface area contributed by atoms with Gasteiger partial charge in [-0.25, -0.2) is 9.97 Å².